The molecule has 0 radical (unpaired) electrons. The predicted octanol–water partition coefficient (Wildman–Crippen LogP) is 4.87. The number of nitrogens with zero attached hydrogens (tertiary/aromatic N) is 5. The van der Waals surface area contributed by atoms with E-state index < -0.39 is 0 Å². The Kier molecular flexibility index (Phi) is 6.15. The van der Waals surface area contributed by atoms with Crippen LogP contribution in [0.4, 0.5) is 5.13 Å². The highest BCUT2D eigenvalue weighted by molar-refractivity contribution is 7.18. The Bertz CT molecular complexity index is 1510. The van der Waals surface area contributed by atoms with Crippen LogP contribution < -0.4 is 19.1 Å². The predicted molar refractivity (Wildman–Crippen MR) is 138 cm³/mol. The molecule has 0 saturated carbocycles. The molecule has 0 spiro atoms. The van der Waals surface area contributed by atoms with Gasteiger partial charge in [-0.3, -0.25) is 0 Å². The highest BCUT2D eigenvalue weighted by Gasteiger charge is 2.27. The minimum Gasteiger partial charge on any atom is -0.496 e. The lowest BCUT2D eigenvalue weighted by atomic mass is 10.2. The molecule has 4 aromatic heterocycles. The average molecular weight is 528 g/mol. The highest BCUT2D eigenvalue weighted by Crippen LogP contribution is 2.38. The van der Waals surface area contributed by atoms with Crippen LogP contribution in [0.15, 0.2) is 34.2 Å². The number of ether oxygens (including phenoxy) is 4. The van der Waals surface area contributed by atoms with Crippen LogP contribution >= 0.6 is 22.7 Å². The third-order valence-corrected chi connectivity index (χ3v) is 8.01. The molecule has 0 bridgehead atoms. The van der Waals surface area contributed by atoms with Crippen molar-refractivity contribution in [3.63, 3.8) is 0 Å². The number of benzene rings is 1. The van der Waals surface area contributed by atoms with Gasteiger partial charge in [-0.1, -0.05) is 0 Å². The smallest absolute Gasteiger partial charge is 0.294 e. The van der Waals surface area contributed by atoms with Crippen molar-refractivity contribution in [2.24, 2.45) is 0 Å². The first-order valence-electron chi connectivity index (χ1n) is 11.5. The van der Waals surface area contributed by atoms with Crippen molar-refractivity contribution < 1.29 is 23.4 Å². The Morgan fingerprint density at radius 1 is 1.17 bits per heavy atom. The van der Waals surface area contributed by atoms with Crippen molar-refractivity contribution in [2.45, 2.75) is 25.5 Å². The molecule has 6 rings (SSSR count). The number of hydrogen-bond acceptors (Lipinski definition) is 11. The lowest BCUT2D eigenvalue weighted by Crippen LogP contribution is -2.32. The Morgan fingerprint density at radius 2 is 2.08 bits per heavy atom. The number of imidazole rings is 1. The molecule has 5 aromatic rings. The van der Waals surface area contributed by atoms with Gasteiger partial charge in [-0.05, 0) is 30.2 Å². The number of thiazole rings is 1. The Balaban J connectivity index is 1.27. The van der Waals surface area contributed by atoms with E-state index in [0.717, 1.165) is 46.3 Å². The maximum absolute atomic E-state index is 6.24. The third-order valence-electron chi connectivity index (χ3n) is 6.20. The van der Waals surface area contributed by atoms with Crippen LogP contribution in [0.25, 0.3) is 27.4 Å². The van der Waals surface area contributed by atoms with Crippen molar-refractivity contribution in [3.8, 4) is 28.1 Å². The van der Waals surface area contributed by atoms with Crippen LogP contribution in [-0.4, -0.2) is 60.1 Å². The fourth-order valence-electron chi connectivity index (χ4n) is 4.47. The third kappa shape index (κ3) is 4.14. The monoisotopic (exact) mass is 527 g/mol. The Hall–Kier alpha value is -3.35. The van der Waals surface area contributed by atoms with Crippen molar-refractivity contribution in [2.75, 3.05) is 39.4 Å². The van der Waals surface area contributed by atoms with Gasteiger partial charge in [0.2, 0.25) is 4.96 Å². The second-order valence-electron chi connectivity index (χ2n) is 8.41. The van der Waals surface area contributed by atoms with Crippen LogP contribution in [-0.2, 0) is 11.3 Å². The molecule has 0 aliphatic carbocycles. The molecule has 36 heavy (non-hydrogen) atoms. The fourth-order valence-corrected chi connectivity index (χ4v) is 6.07. The molecule has 0 N–H and O–H groups in total. The van der Waals surface area contributed by atoms with Gasteiger partial charge in [0, 0.05) is 31.2 Å². The molecule has 0 amide bonds. The van der Waals surface area contributed by atoms with E-state index in [1.807, 2.05) is 23.6 Å². The summed E-state index contributed by atoms with van der Waals surface area (Å²) in [6.45, 7) is 2.05. The standard InChI is InChI=1S/C24H25N5O5S2/c1-30-12-15-5-4-6-28(15)23-26-14(13-35-23)11-33-19-7-16(31-2)8-20-17(19)9-21(34-20)18-10-25-22-29(18)27-24(32-3)36-22/h7-10,13,15H,4-6,11-12H2,1-3H3. The van der Waals surface area contributed by atoms with Crippen molar-refractivity contribution in [3.05, 3.63) is 35.5 Å². The molecule has 5 heterocycles. The molecule has 1 aliphatic rings. The maximum atomic E-state index is 6.24. The van der Waals surface area contributed by atoms with Gasteiger partial charge < -0.3 is 28.3 Å². The number of aromatic nitrogens is 4. The largest absolute Gasteiger partial charge is 0.496 e. The number of methoxy groups -OCH3 is 3. The van der Waals surface area contributed by atoms with Gasteiger partial charge in [0.05, 0.1) is 44.1 Å². The zero-order valence-electron chi connectivity index (χ0n) is 20.1. The molecule has 1 aromatic carbocycles. The summed E-state index contributed by atoms with van der Waals surface area (Å²) in [5.41, 5.74) is 2.26. The molecule has 1 atom stereocenters. The van der Waals surface area contributed by atoms with Gasteiger partial charge >= 0.3 is 0 Å². The maximum Gasteiger partial charge on any atom is 0.294 e. The van der Waals surface area contributed by atoms with Crippen LogP contribution in [0.2, 0.25) is 0 Å². The van der Waals surface area contributed by atoms with Gasteiger partial charge in [-0.15, -0.1) is 16.4 Å². The van der Waals surface area contributed by atoms with Crippen molar-refractivity contribution in [1.29, 1.82) is 0 Å². The van der Waals surface area contributed by atoms with E-state index in [9.17, 15) is 0 Å². The summed E-state index contributed by atoms with van der Waals surface area (Å²) < 4.78 is 30.3. The zero-order chi connectivity index (χ0) is 24.6. The molecule has 10 nitrogen and oxygen atoms in total. The van der Waals surface area contributed by atoms with E-state index in [1.165, 1.54) is 11.3 Å². The van der Waals surface area contributed by atoms with Gasteiger partial charge in [0.15, 0.2) is 10.9 Å². The van der Waals surface area contributed by atoms with Gasteiger partial charge in [0.1, 0.15) is 29.4 Å². The minimum absolute atomic E-state index is 0.336. The molecule has 1 fully saturated rings. The Labute approximate surface area is 215 Å². The molecule has 188 valence electrons. The summed E-state index contributed by atoms with van der Waals surface area (Å²) in [4.78, 5) is 12.3. The number of rotatable bonds is 9. The number of anilines is 1. The van der Waals surface area contributed by atoms with Crippen molar-refractivity contribution >= 4 is 43.7 Å². The number of fused-ring (bicyclic) bond motifs is 2. The molecule has 12 heteroatoms. The lowest BCUT2D eigenvalue weighted by Gasteiger charge is -2.23. The molecular formula is C24H25N5O5S2. The first-order chi connectivity index (χ1) is 17.7. The first-order valence-corrected chi connectivity index (χ1v) is 13.2. The second-order valence-corrected chi connectivity index (χ2v) is 10.2. The van der Waals surface area contributed by atoms with E-state index in [0.29, 0.717) is 47.3 Å². The fraction of sp³-hybridized carbons (Fsp3) is 0.375. The summed E-state index contributed by atoms with van der Waals surface area (Å²) in [7, 11) is 4.95. The summed E-state index contributed by atoms with van der Waals surface area (Å²) in [6, 6.07) is 6.02. The van der Waals surface area contributed by atoms with Crippen LogP contribution in [0.1, 0.15) is 18.5 Å². The van der Waals surface area contributed by atoms with Gasteiger partial charge in [-0.2, -0.15) is 4.52 Å². The lowest BCUT2D eigenvalue weighted by molar-refractivity contribution is 0.181. The van der Waals surface area contributed by atoms with Crippen LogP contribution in [0.5, 0.6) is 16.7 Å². The van der Waals surface area contributed by atoms with Crippen LogP contribution in [0, 0.1) is 0 Å². The van der Waals surface area contributed by atoms with E-state index in [2.05, 4.69) is 15.0 Å². The van der Waals surface area contributed by atoms with Crippen LogP contribution in [0.3, 0.4) is 0 Å². The topological polar surface area (TPSA) is 96.4 Å². The second kappa shape index (κ2) is 9.60. The highest BCUT2D eigenvalue weighted by atomic mass is 32.1. The zero-order valence-corrected chi connectivity index (χ0v) is 21.7. The van der Waals surface area contributed by atoms with E-state index in [4.69, 9.17) is 28.3 Å². The van der Waals surface area contributed by atoms with E-state index in [1.54, 1.807) is 43.4 Å². The van der Waals surface area contributed by atoms with Gasteiger partial charge in [-0.25, -0.2) is 9.97 Å². The molecular weight excluding hydrogens is 502 g/mol. The Morgan fingerprint density at radius 3 is 2.92 bits per heavy atom. The summed E-state index contributed by atoms with van der Waals surface area (Å²) >= 11 is 3.00. The molecule has 1 aliphatic heterocycles. The first kappa shape index (κ1) is 23.1. The number of furan rings is 1. The summed E-state index contributed by atoms with van der Waals surface area (Å²) in [6.07, 6.45) is 4.02. The molecule has 1 saturated heterocycles. The minimum atomic E-state index is 0.336. The molecule has 1 unspecified atom stereocenters. The van der Waals surface area contributed by atoms with E-state index >= 15 is 0 Å². The average Bonchev–Trinajstić information content (AvgIpc) is 3.69. The SMILES string of the molecule is COCC1CCCN1c1nc(COc2cc(OC)cc3oc(-c4cnc5sc(OC)nn45)cc23)cs1. The van der Waals surface area contributed by atoms with E-state index in [-0.39, 0.29) is 0 Å². The normalized spacial score (nSPS) is 15.9. The quantitative estimate of drug-likeness (QED) is 0.266. The van der Waals surface area contributed by atoms with Crippen molar-refractivity contribution in [1.82, 2.24) is 19.6 Å². The summed E-state index contributed by atoms with van der Waals surface area (Å²) in [5, 5.41) is 8.86. The summed E-state index contributed by atoms with van der Waals surface area (Å²) in [5.74, 6) is 1.92. The van der Waals surface area contributed by atoms with Gasteiger partial charge in [0.25, 0.3) is 5.19 Å². The number of hydrogen-bond donors (Lipinski definition) is 0.